The second-order valence-corrected chi connectivity index (χ2v) is 6.27. The average molecular weight is 365 g/mol. The molecule has 146 valence electrons. The maximum atomic E-state index is 12.6. The SMILES string of the molecule is CCCCOc1ccc(NC(=O)[C@@](C)(CCC)OC)cc1C(=O)OCC. The summed E-state index contributed by atoms with van der Waals surface area (Å²) in [5, 5.41) is 2.82. The lowest BCUT2D eigenvalue weighted by atomic mass is 9.99. The first-order valence-electron chi connectivity index (χ1n) is 9.22. The molecule has 1 aromatic rings. The zero-order valence-corrected chi connectivity index (χ0v) is 16.5. The van der Waals surface area contributed by atoms with Crippen molar-refractivity contribution in [3.8, 4) is 5.75 Å². The van der Waals surface area contributed by atoms with Gasteiger partial charge < -0.3 is 19.5 Å². The number of hydrogen-bond acceptors (Lipinski definition) is 5. The van der Waals surface area contributed by atoms with Crippen molar-refractivity contribution in [3.63, 3.8) is 0 Å². The highest BCUT2D eigenvalue weighted by Gasteiger charge is 2.32. The largest absolute Gasteiger partial charge is 0.493 e. The van der Waals surface area contributed by atoms with Gasteiger partial charge in [-0.1, -0.05) is 26.7 Å². The number of carbonyl (C=O) groups excluding carboxylic acids is 2. The number of nitrogens with one attached hydrogen (secondary N) is 1. The number of ether oxygens (including phenoxy) is 3. The Hall–Kier alpha value is -2.08. The number of benzene rings is 1. The Labute approximate surface area is 156 Å². The molecule has 1 aromatic carbocycles. The van der Waals surface area contributed by atoms with Crippen LogP contribution in [-0.2, 0) is 14.3 Å². The quantitative estimate of drug-likeness (QED) is 0.470. The van der Waals surface area contributed by atoms with Crippen LogP contribution < -0.4 is 10.1 Å². The van der Waals surface area contributed by atoms with Gasteiger partial charge >= 0.3 is 5.97 Å². The zero-order chi connectivity index (χ0) is 19.6. The fraction of sp³-hybridized carbons (Fsp3) is 0.600. The van der Waals surface area contributed by atoms with E-state index in [1.165, 1.54) is 7.11 Å². The van der Waals surface area contributed by atoms with Gasteiger partial charge in [0.05, 0.1) is 13.2 Å². The van der Waals surface area contributed by atoms with Crippen LogP contribution in [0.3, 0.4) is 0 Å². The highest BCUT2D eigenvalue weighted by molar-refractivity contribution is 5.99. The van der Waals surface area contributed by atoms with E-state index < -0.39 is 11.6 Å². The topological polar surface area (TPSA) is 73.9 Å². The molecular formula is C20H31NO5. The standard InChI is InChI=1S/C20H31NO5/c1-6-9-13-26-17-11-10-15(14-16(17)18(22)25-8-3)21-19(23)20(4,24-5)12-7-2/h10-11,14H,6-9,12-13H2,1-5H3,(H,21,23)/t20-/m1/s1. The Bertz CT molecular complexity index is 602. The molecule has 6 nitrogen and oxygen atoms in total. The number of methoxy groups -OCH3 is 1. The lowest BCUT2D eigenvalue weighted by molar-refractivity contribution is -0.136. The van der Waals surface area contributed by atoms with Crippen LogP contribution >= 0.6 is 0 Å². The van der Waals surface area contributed by atoms with E-state index in [-0.39, 0.29) is 12.5 Å². The normalized spacial score (nSPS) is 13.0. The molecule has 0 unspecified atom stereocenters. The van der Waals surface area contributed by atoms with Crippen LogP contribution in [0.25, 0.3) is 0 Å². The van der Waals surface area contributed by atoms with Gasteiger partial charge in [0.15, 0.2) is 0 Å². The molecule has 0 aliphatic heterocycles. The van der Waals surface area contributed by atoms with Crippen LogP contribution in [0.4, 0.5) is 5.69 Å². The smallest absolute Gasteiger partial charge is 0.341 e. The van der Waals surface area contributed by atoms with Gasteiger partial charge in [-0.2, -0.15) is 0 Å². The second-order valence-electron chi connectivity index (χ2n) is 6.27. The molecule has 1 rings (SSSR count). The summed E-state index contributed by atoms with van der Waals surface area (Å²) in [5.74, 6) is -0.271. The van der Waals surface area contributed by atoms with E-state index in [9.17, 15) is 9.59 Å². The molecule has 26 heavy (non-hydrogen) atoms. The summed E-state index contributed by atoms with van der Waals surface area (Å²) < 4.78 is 16.2. The van der Waals surface area contributed by atoms with E-state index in [2.05, 4.69) is 12.2 Å². The molecule has 0 aliphatic carbocycles. The number of hydrogen-bond donors (Lipinski definition) is 1. The summed E-state index contributed by atoms with van der Waals surface area (Å²) in [5.41, 5.74) is -0.120. The molecule has 1 atom stereocenters. The van der Waals surface area contributed by atoms with Crippen molar-refractivity contribution < 1.29 is 23.8 Å². The molecule has 0 heterocycles. The summed E-state index contributed by atoms with van der Waals surface area (Å²) in [6.07, 6.45) is 3.30. The van der Waals surface area contributed by atoms with Gasteiger partial charge in [0.1, 0.15) is 16.9 Å². The molecule has 6 heteroatoms. The Kier molecular flexibility index (Phi) is 9.13. The van der Waals surface area contributed by atoms with Crippen LogP contribution in [0.15, 0.2) is 18.2 Å². The third-order valence-corrected chi connectivity index (χ3v) is 4.15. The molecule has 0 bridgehead atoms. The maximum Gasteiger partial charge on any atom is 0.341 e. The molecule has 0 aromatic heterocycles. The Morgan fingerprint density at radius 1 is 1.15 bits per heavy atom. The number of anilines is 1. The molecule has 0 saturated heterocycles. The second kappa shape index (κ2) is 10.8. The first-order valence-corrected chi connectivity index (χ1v) is 9.22. The van der Waals surface area contributed by atoms with Crippen molar-refractivity contribution in [1.82, 2.24) is 0 Å². The van der Waals surface area contributed by atoms with Crippen LogP contribution in [0.2, 0.25) is 0 Å². The average Bonchev–Trinajstić information content (AvgIpc) is 2.63. The lowest BCUT2D eigenvalue weighted by Gasteiger charge is -2.26. The minimum atomic E-state index is -0.921. The fourth-order valence-corrected chi connectivity index (χ4v) is 2.48. The highest BCUT2D eigenvalue weighted by Crippen LogP contribution is 2.26. The summed E-state index contributed by atoms with van der Waals surface area (Å²) in [6, 6.07) is 4.98. The van der Waals surface area contributed by atoms with Gasteiger partial charge in [-0.3, -0.25) is 4.79 Å². The van der Waals surface area contributed by atoms with Crippen molar-refractivity contribution in [2.45, 2.75) is 59.0 Å². The first-order chi connectivity index (χ1) is 12.4. The third-order valence-electron chi connectivity index (χ3n) is 4.15. The van der Waals surface area contributed by atoms with Gasteiger partial charge in [-0.05, 0) is 44.9 Å². The molecule has 0 spiro atoms. The molecule has 0 saturated carbocycles. The van der Waals surface area contributed by atoms with E-state index in [1.54, 1.807) is 32.0 Å². The van der Waals surface area contributed by atoms with Crippen molar-refractivity contribution in [3.05, 3.63) is 23.8 Å². The minimum Gasteiger partial charge on any atom is -0.493 e. The van der Waals surface area contributed by atoms with Crippen molar-refractivity contribution in [2.24, 2.45) is 0 Å². The summed E-state index contributed by atoms with van der Waals surface area (Å²) >= 11 is 0. The third kappa shape index (κ3) is 6.02. The van der Waals surface area contributed by atoms with Crippen molar-refractivity contribution in [1.29, 1.82) is 0 Å². The van der Waals surface area contributed by atoms with Gasteiger partial charge in [0, 0.05) is 12.8 Å². The van der Waals surface area contributed by atoms with E-state index in [1.807, 2.05) is 6.92 Å². The number of esters is 1. The fourth-order valence-electron chi connectivity index (χ4n) is 2.48. The van der Waals surface area contributed by atoms with Gasteiger partial charge in [0.2, 0.25) is 0 Å². The summed E-state index contributed by atoms with van der Waals surface area (Å²) in [7, 11) is 1.52. The van der Waals surface area contributed by atoms with E-state index in [4.69, 9.17) is 14.2 Å². The maximum absolute atomic E-state index is 12.6. The monoisotopic (exact) mass is 365 g/mol. The predicted octanol–water partition coefficient (Wildman–Crippen LogP) is 4.19. The molecule has 1 N–H and O–H groups in total. The Balaban J connectivity index is 3.04. The molecule has 1 amide bonds. The van der Waals surface area contributed by atoms with Gasteiger partial charge in [-0.25, -0.2) is 4.79 Å². The molecule has 0 radical (unpaired) electrons. The summed E-state index contributed by atoms with van der Waals surface area (Å²) in [4.78, 5) is 24.8. The van der Waals surface area contributed by atoms with Crippen LogP contribution in [0.5, 0.6) is 5.75 Å². The number of unbranched alkanes of at least 4 members (excludes halogenated alkanes) is 1. The van der Waals surface area contributed by atoms with Gasteiger partial charge in [0.25, 0.3) is 5.91 Å². The molecule has 0 aliphatic rings. The van der Waals surface area contributed by atoms with Crippen molar-refractivity contribution in [2.75, 3.05) is 25.6 Å². The minimum absolute atomic E-state index is 0.253. The highest BCUT2D eigenvalue weighted by atomic mass is 16.5. The summed E-state index contributed by atoms with van der Waals surface area (Å²) in [6.45, 7) is 8.34. The molecule has 0 fully saturated rings. The Morgan fingerprint density at radius 3 is 2.46 bits per heavy atom. The Morgan fingerprint density at radius 2 is 1.88 bits per heavy atom. The van der Waals surface area contributed by atoms with E-state index >= 15 is 0 Å². The molecular weight excluding hydrogens is 334 g/mol. The lowest BCUT2D eigenvalue weighted by Crippen LogP contribution is -2.41. The van der Waals surface area contributed by atoms with Crippen LogP contribution in [0.1, 0.15) is 63.7 Å². The van der Waals surface area contributed by atoms with Crippen LogP contribution in [0, 0.1) is 0 Å². The first kappa shape index (κ1) is 22.0. The zero-order valence-electron chi connectivity index (χ0n) is 16.5. The van der Waals surface area contributed by atoms with E-state index in [0.717, 1.165) is 19.3 Å². The number of amides is 1. The number of rotatable bonds is 11. The van der Waals surface area contributed by atoms with Crippen molar-refractivity contribution >= 4 is 17.6 Å². The number of carbonyl (C=O) groups is 2. The van der Waals surface area contributed by atoms with Gasteiger partial charge in [-0.15, -0.1) is 0 Å². The predicted molar refractivity (Wildman–Crippen MR) is 102 cm³/mol. The van der Waals surface area contributed by atoms with Crippen LogP contribution in [-0.4, -0.2) is 37.8 Å². The van der Waals surface area contributed by atoms with E-state index in [0.29, 0.717) is 30.0 Å².